The zero-order valence-corrected chi connectivity index (χ0v) is 9.53. The molecule has 6 heteroatoms. The van der Waals surface area contributed by atoms with Crippen LogP contribution in [-0.4, -0.2) is 27.4 Å². The van der Waals surface area contributed by atoms with Crippen LogP contribution in [0.15, 0.2) is 28.7 Å². The van der Waals surface area contributed by atoms with Crippen LogP contribution in [0.25, 0.3) is 0 Å². The summed E-state index contributed by atoms with van der Waals surface area (Å²) in [5.74, 6) is 0. The number of aromatic amines is 1. The number of nitrogens with zero attached hydrogens (tertiary/aromatic N) is 1. The van der Waals surface area contributed by atoms with Crippen LogP contribution in [0.5, 0.6) is 0 Å². The van der Waals surface area contributed by atoms with E-state index in [1.807, 2.05) is 13.0 Å². The number of rotatable bonds is 2. The summed E-state index contributed by atoms with van der Waals surface area (Å²) in [5, 5.41) is 9.00. The van der Waals surface area contributed by atoms with Crippen molar-refractivity contribution in [2.75, 3.05) is 6.61 Å². The molecular formula is C10H12N2O3S. The highest BCUT2D eigenvalue weighted by molar-refractivity contribution is 7.71. The molecule has 1 aliphatic rings. The zero-order valence-electron chi connectivity index (χ0n) is 8.71. The summed E-state index contributed by atoms with van der Waals surface area (Å²) in [5.41, 5.74) is 0.724. The molecule has 0 amide bonds. The Labute approximate surface area is 97.0 Å². The highest BCUT2D eigenvalue weighted by Gasteiger charge is 2.25. The van der Waals surface area contributed by atoms with Crippen LogP contribution in [0.4, 0.5) is 0 Å². The van der Waals surface area contributed by atoms with Gasteiger partial charge in [0.1, 0.15) is 6.10 Å². The van der Waals surface area contributed by atoms with Gasteiger partial charge in [-0.15, -0.1) is 0 Å². The Morgan fingerprint density at radius 2 is 2.44 bits per heavy atom. The van der Waals surface area contributed by atoms with Crippen molar-refractivity contribution >= 4 is 12.2 Å². The molecule has 2 atom stereocenters. The number of hydrogen-bond donors (Lipinski definition) is 2. The number of hydrogen-bond acceptors (Lipinski definition) is 4. The minimum Gasteiger partial charge on any atom is -0.393 e. The molecule has 86 valence electrons. The highest BCUT2D eigenvalue weighted by Crippen LogP contribution is 2.27. The van der Waals surface area contributed by atoms with Gasteiger partial charge in [0, 0.05) is 12.3 Å². The Morgan fingerprint density at radius 3 is 3.00 bits per heavy atom. The lowest BCUT2D eigenvalue weighted by Gasteiger charge is -2.17. The standard InChI is InChI=1S/C10H12N2O3S/c1-6-4-7(5-13)15-9(6)12-3-2-8(14)11-10(12)16/h2-4,7,9,13H,5H2,1H3,(H,11,14,16)/t7-,9+/m0/s1. The molecule has 5 nitrogen and oxygen atoms in total. The van der Waals surface area contributed by atoms with Crippen molar-refractivity contribution in [3.63, 3.8) is 0 Å². The number of aliphatic hydroxyl groups excluding tert-OH is 1. The van der Waals surface area contributed by atoms with Crippen molar-refractivity contribution < 1.29 is 9.84 Å². The molecule has 1 aliphatic heterocycles. The first-order valence-electron chi connectivity index (χ1n) is 4.88. The van der Waals surface area contributed by atoms with E-state index >= 15 is 0 Å². The molecule has 0 spiro atoms. The fraction of sp³-hybridized carbons (Fsp3) is 0.400. The molecule has 2 heterocycles. The Kier molecular flexibility index (Phi) is 3.04. The van der Waals surface area contributed by atoms with Gasteiger partial charge in [-0.05, 0) is 24.7 Å². The second-order valence-corrected chi connectivity index (χ2v) is 4.02. The minimum atomic E-state index is -0.346. The third-order valence-corrected chi connectivity index (χ3v) is 2.74. The molecule has 0 fully saturated rings. The molecular weight excluding hydrogens is 228 g/mol. The Hall–Kier alpha value is -1.24. The molecule has 0 radical (unpaired) electrons. The average Bonchev–Trinajstić information content (AvgIpc) is 2.60. The fourth-order valence-corrected chi connectivity index (χ4v) is 1.94. The number of H-pyrrole nitrogens is 1. The highest BCUT2D eigenvalue weighted by atomic mass is 32.1. The SMILES string of the molecule is CC1=C[C@@H](CO)O[C@H]1n1ccc(=O)[nH]c1=S. The van der Waals surface area contributed by atoms with Crippen molar-refractivity contribution in [3.05, 3.63) is 39.0 Å². The number of aliphatic hydroxyl groups is 1. The summed E-state index contributed by atoms with van der Waals surface area (Å²) < 4.78 is 7.52. The first-order chi connectivity index (χ1) is 7.61. The van der Waals surface area contributed by atoms with Crippen molar-refractivity contribution in [1.82, 2.24) is 9.55 Å². The average molecular weight is 240 g/mol. The van der Waals surface area contributed by atoms with Gasteiger partial charge in [-0.25, -0.2) is 0 Å². The molecule has 0 aromatic carbocycles. The lowest BCUT2D eigenvalue weighted by atomic mass is 10.2. The topological polar surface area (TPSA) is 67.2 Å². The van der Waals surface area contributed by atoms with Gasteiger partial charge in [0.2, 0.25) is 0 Å². The van der Waals surface area contributed by atoms with Crippen LogP contribution in [0.3, 0.4) is 0 Å². The molecule has 0 bridgehead atoms. The van der Waals surface area contributed by atoms with Crippen LogP contribution in [0.2, 0.25) is 0 Å². The van der Waals surface area contributed by atoms with Crippen LogP contribution in [0.1, 0.15) is 13.2 Å². The van der Waals surface area contributed by atoms with Crippen molar-refractivity contribution in [1.29, 1.82) is 0 Å². The summed E-state index contributed by atoms with van der Waals surface area (Å²) in [6.07, 6.45) is 2.78. The third-order valence-electron chi connectivity index (χ3n) is 2.43. The van der Waals surface area contributed by atoms with Gasteiger partial charge in [0.25, 0.3) is 5.56 Å². The summed E-state index contributed by atoms with van der Waals surface area (Å²) in [7, 11) is 0. The van der Waals surface area contributed by atoms with Gasteiger partial charge in [0.05, 0.1) is 6.61 Å². The lowest BCUT2D eigenvalue weighted by molar-refractivity contribution is -0.0134. The summed E-state index contributed by atoms with van der Waals surface area (Å²) in [6, 6.07) is 1.39. The molecule has 0 saturated heterocycles. The second kappa shape index (κ2) is 4.32. The van der Waals surface area contributed by atoms with E-state index < -0.39 is 0 Å². The normalized spacial score (nSPS) is 24.5. The van der Waals surface area contributed by atoms with Crippen LogP contribution < -0.4 is 5.56 Å². The monoisotopic (exact) mass is 240 g/mol. The molecule has 2 N–H and O–H groups in total. The maximum absolute atomic E-state index is 11.0. The van der Waals surface area contributed by atoms with E-state index in [4.69, 9.17) is 22.1 Å². The van der Waals surface area contributed by atoms with E-state index in [0.717, 1.165) is 5.57 Å². The molecule has 0 unspecified atom stereocenters. The minimum absolute atomic E-state index is 0.0650. The van der Waals surface area contributed by atoms with E-state index in [1.165, 1.54) is 6.07 Å². The lowest BCUT2D eigenvalue weighted by Crippen LogP contribution is -2.19. The molecule has 0 saturated carbocycles. The molecule has 1 aromatic heterocycles. The molecule has 0 aliphatic carbocycles. The van der Waals surface area contributed by atoms with Crippen LogP contribution >= 0.6 is 12.2 Å². The molecule has 16 heavy (non-hydrogen) atoms. The largest absolute Gasteiger partial charge is 0.393 e. The Morgan fingerprint density at radius 1 is 1.69 bits per heavy atom. The first-order valence-corrected chi connectivity index (χ1v) is 5.29. The van der Waals surface area contributed by atoms with Gasteiger partial charge in [-0.2, -0.15) is 0 Å². The van der Waals surface area contributed by atoms with Gasteiger partial charge in [0.15, 0.2) is 11.0 Å². The van der Waals surface area contributed by atoms with E-state index in [1.54, 1.807) is 10.8 Å². The summed E-state index contributed by atoms with van der Waals surface area (Å²) >= 11 is 5.04. The summed E-state index contributed by atoms with van der Waals surface area (Å²) in [4.78, 5) is 13.5. The van der Waals surface area contributed by atoms with Gasteiger partial charge >= 0.3 is 0 Å². The van der Waals surface area contributed by atoms with E-state index in [9.17, 15) is 4.79 Å². The van der Waals surface area contributed by atoms with Crippen molar-refractivity contribution in [2.24, 2.45) is 0 Å². The predicted molar refractivity (Wildman–Crippen MR) is 60.6 cm³/mol. The van der Waals surface area contributed by atoms with Crippen molar-refractivity contribution in [3.8, 4) is 0 Å². The summed E-state index contributed by atoms with van der Waals surface area (Å²) in [6.45, 7) is 1.83. The number of ether oxygens (including phenoxy) is 1. The Bertz CT molecular complexity index is 531. The van der Waals surface area contributed by atoms with E-state index in [2.05, 4.69) is 4.98 Å². The van der Waals surface area contributed by atoms with Crippen LogP contribution in [0, 0.1) is 4.77 Å². The van der Waals surface area contributed by atoms with Gasteiger partial charge in [-0.1, -0.05) is 6.08 Å². The van der Waals surface area contributed by atoms with Crippen molar-refractivity contribution in [2.45, 2.75) is 19.3 Å². The smallest absolute Gasteiger partial charge is 0.251 e. The van der Waals surface area contributed by atoms with Gasteiger partial charge < -0.3 is 9.84 Å². The number of aromatic nitrogens is 2. The number of nitrogens with one attached hydrogen (secondary N) is 1. The first kappa shape index (κ1) is 11.3. The van der Waals surface area contributed by atoms with Gasteiger partial charge in [-0.3, -0.25) is 14.3 Å². The molecule has 2 rings (SSSR count). The van der Waals surface area contributed by atoms with E-state index in [0.29, 0.717) is 4.77 Å². The molecule has 1 aromatic rings. The second-order valence-electron chi connectivity index (χ2n) is 3.64. The fourth-order valence-electron chi connectivity index (χ4n) is 1.68. The predicted octanol–water partition coefficient (Wildman–Crippen LogP) is 0.742. The third kappa shape index (κ3) is 1.99. The quantitative estimate of drug-likeness (QED) is 0.591. The maximum Gasteiger partial charge on any atom is 0.251 e. The van der Waals surface area contributed by atoms with E-state index in [-0.39, 0.29) is 24.5 Å². The van der Waals surface area contributed by atoms with Crippen LogP contribution in [-0.2, 0) is 4.74 Å². The zero-order chi connectivity index (χ0) is 11.7. The maximum atomic E-state index is 11.0. The Balaban J connectivity index is 2.37.